The van der Waals surface area contributed by atoms with Crippen molar-refractivity contribution < 1.29 is 19.7 Å². The van der Waals surface area contributed by atoms with Crippen LogP contribution in [0, 0.1) is 0 Å². The molecule has 0 bridgehead atoms. The number of imidazole rings is 1. The molecule has 9 nitrogen and oxygen atoms in total. The Labute approximate surface area is 126 Å². The van der Waals surface area contributed by atoms with E-state index in [2.05, 4.69) is 15.0 Å². The third-order valence-electron chi connectivity index (χ3n) is 3.41. The van der Waals surface area contributed by atoms with Crippen LogP contribution in [-0.4, -0.2) is 54.7 Å². The standard InChI is InChI=1S/C13H19N5O4/c1-6(2)21-13-16-10(14)9-11(17-13)18(5-15-9)12-8(20)3-7(4-19)22-12/h5-8,12,19-20H,3-4H2,1-2H3,(H2,14,16,17)/t7-,8?,12+/m0/s1. The Kier molecular flexibility index (Phi) is 3.85. The van der Waals surface area contributed by atoms with E-state index in [0.29, 0.717) is 17.6 Å². The van der Waals surface area contributed by atoms with E-state index >= 15 is 0 Å². The number of ether oxygens (including phenoxy) is 2. The summed E-state index contributed by atoms with van der Waals surface area (Å²) in [6, 6.07) is 0.146. The summed E-state index contributed by atoms with van der Waals surface area (Å²) in [5.74, 6) is 0.200. The molecule has 4 N–H and O–H groups in total. The summed E-state index contributed by atoms with van der Waals surface area (Å²) in [5.41, 5.74) is 6.72. The van der Waals surface area contributed by atoms with E-state index in [1.54, 1.807) is 4.57 Å². The van der Waals surface area contributed by atoms with Gasteiger partial charge in [-0.1, -0.05) is 0 Å². The van der Waals surface area contributed by atoms with Crippen molar-refractivity contribution >= 4 is 17.0 Å². The first-order valence-corrected chi connectivity index (χ1v) is 7.10. The van der Waals surface area contributed by atoms with Gasteiger partial charge < -0.3 is 25.4 Å². The van der Waals surface area contributed by atoms with Crippen molar-refractivity contribution in [3.63, 3.8) is 0 Å². The quantitative estimate of drug-likeness (QED) is 0.710. The van der Waals surface area contributed by atoms with E-state index in [1.165, 1.54) is 6.33 Å². The molecular formula is C13H19N5O4. The molecule has 0 aliphatic carbocycles. The Morgan fingerprint density at radius 3 is 2.91 bits per heavy atom. The minimum absolute atomic E-state index is 0.0969. The van der Waals surface area contributed by atoms with Gasteiger partial charge in [0, 0.05) is 6.42 Å². The zero-order valence-corrected chi connectivity index (χ0v) is 12.4. The Hall–Kier alpha value is -1.97. The number of fused-ring (bicyclic) bond motifs is 1. The lowest BCUT2D eigenvalue weighted by atomic mass is 10.2. The maximum Gasteiger partial charge on any atom is 0.320 e. The summed E-state index contributed by atoms with van der Waals surface area (Å²) in [4.78, 5) is 12.5. The van der Waals surface area contributed by atoms with Gasteiger partial charge in [0.15, 0.2) is 23.2 Å². The number of anilines is 1. The molecule has 0 saturated carbocycles. The van der Waals surface area contributed by atoms with Crippen LogP contribution >= 0.6 is 0 Å². The lowest BCUT2D eigenvalue weighted by Gasteiger charge is -2.17. The monoisotopic (exact) mass is 309 g/mol. The number of aromatic nitrogens is 4. The van der Waals surface area contributed by atoms with Gasteiger partial charge in [0.1, 0.15) is 6.10 Å². The van der Waals surface area contributed by atoms with Gasteiger partial charge >= 0.3 is 6.01 Å². The molecule has 0 amide bonds. The van der Waals surface area contributed by atoms with E-state index in [4.69, 9.17) is 15.2 Å². The average molecular weight is 309 g/mol. The van der Waals surface area contributed by atoms with Gasteiger partial charge in [-0.25, -0.2) is 4.98 Å². The van der Waals surface area contributed by atoms with Crippen LogP contribution in [-0.2, 0) is 4.74 Å². The molecule has 22 heavy (non-hydrogen) atoms. The second-order valence-electron chi connectivity index (χ2n) is 5.52. The van der Waals surface area contributed by atoms with E-state index in [0.717, 1.165) is 0 Å². The predicted molar refractivity (Wildman–Crippen MR) is 77.1 cm³/mol. The zero-order valence-electron chi connectivity index (χ0n) is 12.4. The van der Waals surface area contributed by atoms with Crippen molar-refractivity contribution in [3.8, 4) is 6.01 Å². The lowest BCUT2D eigenvalue weighted by molar-refractivity contribution is -0.0487. The molecule has 0 radical (unpaired) electrons. The average Bonchev–Trinajstić information content (AvgIpc) is 3.01. The molecule has 0 aromatic carbocycles. The van der Waals surface area contributed by atoms with Crippen LogP contribution in [0.2, 0.25) is 0 Å². The molecule has 1 fully saturated rings. The largest absolute Gasteiger partial charge is 0.461 e. The molecular weight excluding hydrogens is 290 g/mol. The number of hydrogen-bond donors (Lipinski definition) is 3. The molecule has 2 aromatic rings. The molecule has 3 heterocycles. The molecule has 1 aliphatic heterocycles. The fourth-order valence-electron chi connectivity index (χ4n) is 2.47. The molecule has 1 unspecified atom stereocenters. The van der Waals surface area contributed by atoms with Crippen LogP contribution < -0.4 is 10.5 Å². The summed E-state index contributed by atoms with van der Waals surface area (Å²) < 4.78 is 12.7. The molecule has 0 spiro atoms. The second kappa shape index (κ2) is 5.67. The first-order valence-electron chi connectivity index (χ1n) is 7.10. The van der Waals surface area contributed by atoms with Crippen LogP contribution in [0.25, 0.3) is 11.2 Å². The van der Waals surface area contributed by atoms with Crippen molar-refractivity contribution in [2.45, 2.75) is 44.8 Å². The fourth-order valence-corrected chi connectivity index (χ4v) is 2.47. The molecule has 9 heteroatoms. The van der Waals surface area contributed by atoms with Crippen LogP contribution in [0.15, 0.2) is 6.33 Å². The summed E-state index contributed by atoms with van der Waals surface area (Å²) in [6.45, 7) is 3.56. The number of nitrogens with two attached hydrogens (primary N) is 1. The maximum absolute atomic E-state index is 10.1. The Bertz CT molecular complexity index is 674. The summed E-state index contributed by atoms with van der Waals surface area (Å²) >= 11 is 0. The third kappa shape index (κ3) is 2.58. The van der Waals surface area contributed by atoms with Crippen LogP contribution in [0.3, 0.4) is 0 Å². The molecule has 1 aliphatic rings. The summed E-state index contributed by atoms with van der Waals surface area (Å²) in [5, 5.41) is 19.3. The zero-order chi connectivity index (χ0) is 15.9. The highest BCUT2D eigenvalue weighted by Crippen LogP contribution is 2.32. The fraction of sp³-hybridized carbons (Fsp3) is 0.615. The van der Waals surface area contributed by atoms with Gasteiger partial charge in [-0.2, -0.15) is 9.97 Å². The van der Waals surface area contributed by atoms with Crippen LogP contribution in [0.1, 0.15) is 26.5 Å². The number of nitrogen functional groups attached to an aromatic ring is 1. The lowest BCUT2D eigenvalue weighted by Crippen LogP contribution is -2.19. The van der Waals surface area contributed by atoms with E-state index in [9.17, 15) is 10.2 Å². The molecule has 120 valence electrons. The maximum atomic E-state index is 10.1. The number of rotatable bonds is 4. The summed E-state index contributed by atoms with van der Waals surface area (Å²) in [6.07, 6.45) is -0.119. The van der Waals surface area contributed by atoms with E-state index < -0.39 is 18.4 Å². The highest BCUT2D eigenvalue weighted by molar-refractivity contribution is 5.82. The minimum Gasteiger partial charge on any atom is -0.461 e. The van der Waals surface area contributed by atoms with Gasteiger partial charge in [-0.15, -0.1) is 0 Å². The predicted octanol–water partition coefficient (Wildman–Crippen LogP) is -0.164. The first-order chi connectivity index (χ1) is 10.5. The molecule has 1 saturated heterocycles. The number of aliphatic hydroxyl groups is 2. The second-order valence-corrected chi connectivity index (χ2v) is 5.52. The van der Waals surface area contributed by atoms with Gasteiger partial charge in [-0.05, 0) is 13.8 Å². The van der Waals surface area contributed by atoms with Crippen molar-refractivity contribution in [2.24, 2.45) is 0 Å². The van der Waals surface area contributed by atoms with Crippen molar-refractivity contribution in [3.05, 3.63) is 6.33 Å². The normalized spacial score (nSPS) is 25.2. The summed E-state index contributed by atoms with van der Waals surface area (Å²) in [7, 11) is 0. The van der Waals surface area contributed by atoms with E-state index in [-0.39, 0.29) is 24.5 Å². The minimum atomic E-state index is -0.764. The van der Waals surface area contributed by atoms with E-state index in [1.807, 2.05) is 13.8 Å². The highest BCUT2D eigenvalue weighted by atomic mass is 16.5. The van der Waals surface area contributed by atoms with Gasteiger partial charge in [-0.3, -0.25) is 4.57 Å². The molecule has 2 aromatic heterocycles. The smallest absolute Gasteiger partial charge is 0.320 e. The van der Waals surface area contributed by atoms with Crippen molar-refractivity contribution in [1.82, 2.24) is 19.5 Å². The molecule has 3 rings (SSSR count). The molecule has 3 atom stereocenters. The number of aliphatic hydroxyl groups excluding tert-OH is 2. The van der Waals surface area contributed by atoms with Gasteiger partial charge in [0.05, 0.1) is 25.1 Å². The van der Waals surface area contributed by atoms with Crippen molar-refractivity contribution in [2.75, 3.05) is 12.3 Å². The van der Waals surface area contributed by atoms with Gasteiger partial charge in [0.2, 0.25) is 0 Å². The topological polar surface area (TPSA) is 129 Å². The number of nitrogens with zero attached hydrogens (tertiary/aromatic N) is 4. The SMILES string of the molecule is CC(C)Oc1nc(N)c2ncn([C@@H]3O[C@H](CO)CC3O)c2n1. The first kappa shape index (κ1) is 14.9. The van der Waals surface area contributed by atoms with Crippen molar-refractivity contribution in [1.29, 1.82) is 0 Å². The number of hydrogen-bond acceptors (Lipinski definition) is 8. The highest BCUT2D eigenvalue weighted by Gasteiger charge is 2.36. The Morgan fingerprint density at radius 1 is 1.50 bits per heavy atom. The van der Waals surface area contributed by atoms with Gasteiger partial charge in [0.25, 0.3) is 0 Å². The Morgan fingerprint density at radius 2 is 2.27 bits per heavy atom. The van der Waals surface area contributed by atoms with Crippen LogP contribution in [0.5, 0.6) is 6.01 Å². The third-order valence-corrected chi connectivity index (χ3v) is 3.41. The Balaban J connectivity index is 2.01. The van der Waals surface area contributed by atoms with Crippen LogP contribution in [0.4, 0.5) is 5.82 Å².